The fourth-order valence-corrected chi connectivity index (χ4v) is 1.19. The molecule has 2 nitrogen and oxygen atoms in total. The van der Waals surface area contributed by atoms with Gasteiger partial charge in [0.25, 0.3) is 0 Å². The Hall–Kier alpha value is -1.57. The number of hydrogen-bond donors (Lipinski definition) is 0. The molecule has 0 amide bonds. The summed E-state index contributed by atoms with van der Waals surface area (Å²) >= 11 is 0. The molecule has 0 aliphatic carbocycles. The summed E-state index contributed by atoms with van der Waals surface area (Å²) in [4.78, 5) is 3.98. The molecule has 2 aromatic rings. The maximum atomic E-state index is 3.98. The van der Waals surface area contributed by atoms with Crippen LogP contribution in [0.5, 0.6) is 0 Å². The predicted molar refractivity (Wildman–Crippen MR) is 52.1 cm³/mol. The standard InChI is InChI=1S/C11H11N2/c1-2-4-11(5-3-1)6-8-13-9-7-12-10-13/h1-7,9-10H,8H2. The van der Waals surface area contributed by atoms with Crippen LogP contribution in [0.1, 0.15) is 5.56 Å². The Kier molecular flexibility index (Phi) is 2.41. The first-order valence-electron chi connectivity index (χ1n) is 4.29. The van der Waals surface area contributed by atoms with Crippen LogP contribution in [0.2, 0.25) is 0 Å². The van der Waals surface area contributed by atoms with Crippen molar-refractivity contribution in [2.75, 3.05) is 0 Å². The molecule has 0 bridgehead atoms. The molecule has 0 atom stereocenters. The first-order valence-corrected chi connectivity index (χ1v) is 4.29. The number of aromatic nitrogens is 2. The Balaban J connectivity index is 1.94. The molecule has 65 valence electrons. The Morgan fingerprint density at radius 2 is 2.08 bits per heavy atom. The van der Waals surface area contributed by atoms with Gasteiger partial charge in [-0.3, -0.25) is 0 Å². The van der Waals surface area contributed by atoms with Crippen LogP contribution in [0, 0.1) is 6.42 Å². The van der Waals surface area contributed by atoms with Gasteiger partial charge in [0.1, 0.15) is 0 Å². The maximum absolute atomic E-state index is 3.98. The zero-order chi connectivity index (χ0) is 8.93. The number of nitrogens with zero attached hydrogens (tertiary/aromatic N) is 2. The second-order valence-corrected chi connectivity index (χ2v) is 2.87. The largest absolute Gasteiger partial charge is 0.337 e. The first-order chi connectivity index (χ1) is 6.45. The Morgan fingerprint density at radius 1 is 1.23 bits per heavy atom. The van der Waals surface area contributed by atoms with E-state index in [1.165, 1.54) is 5.56 Å². The van der Waals surface area contributed by atoms with Gasteiger partial charge in [-0.15, -0.1) is 0 Å². The van der Waals surface area contributed by atoms with Crippen LogP contribution in [0.3, 0.4) is 0 Å². The van der Waals surface area contributed by atoms with Crippen molar-refractivity contribution in [2.45, 2.75) is 6.54 Å². The molecule has 0 spiro atoms. The fraction of sp³-hybridized carbons (Fsp3) is 0.0909. The zero-order valence-corrected chi connectivity index (χ0v) is 7.30. The fourth-order valence-electron chi connectivity index (χ4n) is 1.19. The molecule has 1 heterocycles. The average molecular weight is 171 g/mol. The van der Waals surface area contributed by atoms with E-state index in [1.54, 1.807) is 6.20 Å². The van der Waals surface area contributed by atoms with Crippen molar-refractivity contribution in [3.63, 3.8) is 0 Å². The van der Waals surface area contributed by atoms with Crippen molar-refractivity contribution < 1.29 is 0 Å². The Labute approximate surface area is 77.9 Å². The third-order valence-corrected chi connectivity index (χ3v) is 1.90. The van der Waals surface area contributed by atoms with E-state index in [-0.39, 0.29) is 0 Å². The van der Waals surface area contributed by atoms with Gasteiger partial charge in [0, 0.05) is 25.4 Å². The van der Waals surface area contributed by atoms with Crippen LogP contribution in [0.15, 0.2) is 49.1 Å². The highest BCUT2D eigenvalue weighted by molar-refractivity contribution is 5.22. The molecule has 2 rings (SSSR count). The van der Waals surface area contributed by atoms with Gasteiger partial charge < -0.3 is 4.57 Å². The second-order valence-electron chi connectivity index (χ2n) is 2.87. The van der Waals surface area contributed by atoms with Gasteiger partial charge in [-0.05, 0) is 5.56 Å². The van der Waals surface area contributed by atoms with Gasteiger partial charge in [-0.2, -0.15) is 0 Å². The van der Waals surface area contributed by atoms with Crippen molar-refractivity contribution in [3.8, 4) is 0 Å². The lowest BCUT2D eigenvalue weighted by molar-refractivity contribution is 0.787. The number of hydrogen-bond acceptors (Lipinski definition) is 1. The second kappa shape index (κ2) is 3.90. The van der Waals surface area contributed by atoms with Crippen LogP contribution in [-0.2, 0) is 6.54 Å². The Bertz CT molecular complexity index is 338. The van der Waals surface area contributed by atoms with E-state index in [0.717, 1.165) is 6.54 Å². The molecule has 0 fully saturated rings. The van der Waals surface area contributed by atoms with E-state index in [1.807, 2.05) is 35.3 Å². The van der Waals surface area contributed by atoms with Gasteiger partial charge in [-0.25, -0.2) is 4.98 Å². The van der Waals surface area contributed by atoms with E-state index < -0.39 is 0 Å². The smallest absolute Gasteiger partial charge is 0.0946 e. The van der Waals surface area contributed by atoms with Gasteiger partial charge in [0.05, 0.1) is 6.33 Å². The molecule has 0 aliphatic rings. The topological polar surface area (TPSA) is 17.8 Å². The summed E-state index contributed by atoms with van der Waals surface area (Å²) < 4.78 is 2.03. The van der Waals surface area contributed by atoms with E-state index in [2.05, 4.69) is 23.5 Å². The lowest BCUT2D eigenvalue weighted by atomic mass is 10.1. The van der Waals surface area contributed by atoms with Crippen LogP contribution in [-0.4, -0.2) is 9.55 Å². The van der Waals surface area contributed by atoms with Crippen molar-refractivity contribution in [1.29, 1.82) is 0 Å². The van der Waals surface area contributed by atoms with Crippen molar-refractivity contribution in [1.82, 2.24) is 9.55 Å². The summed E-state index contributed by atoms with van der Waals surface area (Å²) in [5.41, 5.74) is 1.25. The van der Waals surface area contributed by atoms with E-state index in [0.29, 0.717) is 0 Å². The van der Waals surface area contributed by atoms with Gasteiger partial charge in [0.15, 0.2) is 0 Å². The monoisotopic (exact) mass is 171 g/mol. The van der Waals surface area contributed by atoms with Crippen molar-refractivity contribution in [3.05, 3.63) is 61.0 Å². The molecule has 0 N–H and O–H groups in total. The SMILES string of the molecule is [CH](Cn1ccnc1)c1ccccc1. The molecule has 0 unspecified atom stereocenters. The quantitative estimate of drug-likeness (QED) is 0.691. The minimum absolute atomic E-state index is 0.879. The highest BCUT2D eigenvalue weighted by Gasteiger charge is 1.92. The summed E-state index contributed by atoms with van der Waals surface area (Å²) in [6.07, 6.45) is 7.74. The molecule has 1 aromatic carbocycles. The van der Waals surface area contributed by atoms with E-state index >= 15 is 0 Å². The zero-order valence-electron chi connectivity index (χ0n) is 7.30. The molecule has 1 aromatic heterocycles. The molecule has 1 radical (unpaired) electrons. The number of imidazole rings is 1. The van der Waals surface area contributed by atoms with Crippen LogP contribution >= 0.6 is 0 Å². The third-order valence-electron chi connectivity index (χ3n) is 1.90. The highest BCUT2D eigenvalue weighted by atomic mass is 15.0. The molecule has 13 heavy (non-hydrogen) atoms. The first kappa shape index (κ1) is 8.05. The maximum Gasteiger partial charge on any atom is 0.0946 e. The van der Waals surface area contributed by atoms with Crippen LogP contribution in [0.25, 0.3) is 0 Å². The number of benzene rings is 1. The summed E-state index contributed by atoms with van der Waals surface area (Å²) in [6, 6.07) is 10.3. The third kappa shape index (κ3) is 2.18. The van der Waals surface area contributed by atoms with E-state index in [4.69, 9.17) is 0 Å². The molecule has 2 heteroatoms. The molecule has 0 saturated heterocycles. The van der Waals surface area contributed by atoms with Gasteiger partial charge in [0.2, 0.25) is 0 Å². The minimum atomic E-state index is 0.879. The summed E-state index contributed by atoms with van der Waals surface area (Å²) in [5.74, 6) is 0. The summed E-state index contributed by atoms with van der Waals surface area (Å²) in [6.45, 7) is 0.879. The summed E-state index contributed by atoms with van der Waals surface area (Å²) in [5, 5.41) is 0. The predicted octanol–water partition coefficient (Wildman–Crippen LogP) is 2.14. The molecule has 0 aliphatic heterocycles. The van der Waals surface area contributed by atoms with E-state index in [9.17, 15) is 0 Å². The Morgan fingerprint density at radius 3 is 2.77 bits per heavy atom. The van der Waals surface area contributed by atoms with Crippen molar-refractivity contribution >= 4 is 0 Å². The molecular weight excluding hydrogens is 160 g/mol. The lowest BCUT2D eigenvalue weighted by Gasteiger charge is -2.00. The van der Waals surface area contributed by atoms with Crippen LogP contribution < -0.4 is 0 Å². The highest BCUT2D eigenvalue weighted by Crippen LogP contribution is 2.03. The lowest BCUT2D eigenvalue weighted by Crippen LogP contribution is -1.95. The molecular formula is C11H11N2. The number of rotatable bonds is 3. The van der Waals surface area contributed by atoms with Crippen molar-refractivity contribution in [2.24, 2.45) is 0 Å². The summed E-state index contributed by atoms with van der Waals surface area (Å²) in [7, 11) is 0. The van der Waals surface area contributed by atoms with Gasteiger partial charge in [-0.1, -0.05) is 30.3 Å². The average Bonchev–Trinajstić information content (AvgIpc) is 2.69. The normalized spacial score (nSPS) is 10.2. The van der Waals surface area contributed by atoms with Crippen LogP contribution in [0.4, 0.5) is 0 Å². The molecule has 0 saturated carbocycles. The minimum Gasteiger partial charge on any atom is -0.337 e. The van der Waals surface area contributed by atoms with Gasteiger partial charge >= 0.3 is 0 Å².